The van der Waals surface area contributed by atoms with Gasteiger partial charge in [0.25, 0.3) is 0 Å². The molecule has 0 aliphatic carbocycles. The van der Waals surface area contributed by atoms with Gasteiger partial charge in [0.1, 0.15) is 11.7 Å². The second-order valence-electron chi connectivity index (χ2n) is 2.99. The summed E-state index contributed by atoms with van der Waals surface area (Å²) in [6, 6.07) is 0. The molecule has 5 heteroatoms. The predicted octanol–water partition coefficient (Wildman–Crippen LogP) is -0.245. The third-order valence-electron chi connectivity index (χ3n) is 1.67. The molecule has 0 rings (SSSR count). The van der Waals surface area contributed by atoms with E-state index < -0.39 is 17.7 Å². The van der Waals surface area contributed by atoms with Crippen molar-refractivity contribution in [2.24, 2.45) is 5.92 Å². The summed E-state index contributed by atoms with van der Waals surface area (Å²) in [5.41, 5.74) is 0. The van der Waals surface area contributed by atoms with Crippen LogP contribution in [0.1, 0.15) is 13.3 Å². The van der Waals surface area contributed by atoms with E-state index in [0.29, 0.717) is 0 Å². The molecule has 0 heterocycles. The van der Waals surface area contributed by atoms with Gasteiger partial charge in [-0.15, -0.1) is 0 Å². The SMILES string of the molecule is CC(=O)C(CC(=O)N(C)C)C(=O)O. The van der Waals surface area contributed by atoms with Gasteiger partial charge in [-0.25, -0.2) is 0 Å². The number of carboxylic acids is 1. The van der Waals surface area contributed by atoms with Gasteiger partial charge in [-0.05, 0) is 6.92 Å². The lowest BCUT2D eigenvalue weighted by Crippen LogP contribution is -2.30. The Morgan fingerprint density at radius 3 is 2.00 bits per heavy atom. The van der Waals surface area contributed by atoms with Crippen LogP contribution in [0.4, 0.5) is 0 Å². The van der Waals surface area contributed by atoms with Crippen molar-refractivity contribution in [3.05, 3.63) is 0 Å². The summed E-state index contributed by atoms with van der Waals surface area (Å²) in [4.78, 5) is 33.6. The van der Waals surface area contributed by atoms with E-state index in [9.17, 15) is 14.4 Å². The van der Waals surface area contributed by atoms with Gasteiger partial charge in [-0.3, -0.25) is 14.4 Å². The van der Waals surface area contributed by atoms with E-state index in [0.717, 1.165) is 0 Å². The topological polar surface area (TPSA) is 74.7 Å². The van der Waals surface area contributed by atoms with E-state index in [2.05, 4.69) is 0 Å². The van der Waals surface area contributed by atoms with Crippen LogP contribution in [0, 0.1) is 5.92 Å². The van der Waals surface area contributed by atoms with E-state index in [-0.39, 0.29) is 12.3 Å². The van der Waals surface area contributed by atoms with Gasteiger partial charge in [0.05, 0.1) is 0 Å². The molecule has 0 bridgehead atoms. The van der Waals surface area contributed by atoms with Crippen molar-refractivity contribution in [2.45, 2.75) is 13.3 Å². The molecule has 74 valence electrons. The van der Waals surface area contributed by atoms with Crippen molar-refractivity contribution in [3.8, 4) is 0 Å². The lowest BCUT2D eigenvalue weighted by Gasteiger charge is -2.12. The summed E-state index contributed by atoms with van der Waals surface area (Å²) in [6.45, 7) is 1.17. The number of amides is 1. The van der Waals surface area contributed by atoms with Gasteiger partial charge in [-0.2, -0.15) is 0 Å². The van der Waals surface area contributed by atoms with Crippen LogP contribution in [0.15, 0.2) is 0 Å². The zero-order chi connectivity index (χ0) is 10.6. The third-order valence-corrected chi connectivity index (χ3v) is 1.67. The average Bonchev–Trinajstić information content (AvgIpc) is 1.97. The number of Topliss-reactive ketones (excluding diaryl/α,β-unsaturated/α-hetero) is 1. The van der Waals surface area contributed by atoms with Gasteiger partial charge in [0.15, 0.2) is 0 Å². The lowest BCUT2D eigenvalue weighted by molar-refractivity contribution is -0.149. The highest BCUT2D eigenvalue weighted by atomic mass is 16.4. The Morgan fingerprint density at radius 2 is 1.77 bits per heavy atom. The highest BCUT2D eigenvalue weighted by Crippen LogP contribution is 2.06. The van der Waals surface area contributed by atoms with E-state index in [1.807, 2.05) is 0 Å². The summed E-state index contributed by atoms with van der Waals surface area (Å²) >= 11 is 0. The summed E-state index contributed by atoms with van der Waals surface area (Å²) in [6.07, 6.45) is -0.266. The first-order chi connectivity index (χ1) is 5.86. The number of carbonyl (C=O) groups is 3. The van der Waals surface area contributed by atoms with Crippen molar-refractivity contribution in [1.82, 2.24) is 4.90 Å². The van der Waals surface area contributed by atoms with Gasteiger partial charge in [0.2, 0.25) is 5.91 Å². The quantitative estimate of drug-likeness (QED) is 0.616. The molecule has 0 aliphatic heterocycles. The molecule has 0 aliphatic rings. The Bertz CT molecular complexity index is 220. The molecule has 0 spiro atoms. The van der Waals surface area contributed by atoms with Crippen LogP contribution in [0.25, 0.3) is 0 Å². The summed E-state index contributed by atoms with van der Waals surface area (Å²) in [5, 5.41) is 8.58. The van der Waals surface area contributed by atoms with Crippen molar-refractivity contribution >= 4 is 17.7 Å². The number of nitrogens with zero attached hydrogens (tertiary/aromatic N) is 1. The Labute approximate surface area is 76.3 Å². The minimum absolute atomic E-state index is 0.266. The van der Waals surface area contributed by atoms with Crippen molar-refractivity contribution < 1.29 is 19.5 Å². The smallest absolute Gasteiger partial charge is 0.314 e. The third kappa shape index (κ3) is 3.68. The molecule has 1 atom stereocenters. The maximum atomic E-state index is 11.1. The molecule has 0 saturated heterocycles. The predicted molar refractivity (Wildman–Crippen MR) is 45.1 cm³/mol. The fraction of sp³-hybridized carbons (Fsp3) is 0.625. The number of rotatable bonds is 4. The molecule has 0 radical (unpaired) electrons. The first kappa shape index (κ1) is 11.6. The van der Waals surface area contributed by atoms with E-state index >= 15 is 0 Å². The Balaban J connectivity index is 4.36. The average molecular weight is 187 g/mol. The Hall–Kier alpha value is -1.39. The van der Waals surface area contributed by atoms with Crippen molar-refractivity contribution in [2.75, 3.05) is 14.1 Å². The van der Waals surface area contributed by atoms with Gasteiger partial charge in [-0.1, -0.05) is 0 Å². The Kier molecular flexibility index (Phi) is 4.10. The van der Waals surface area contributed by atoms with Gasteiger partial charge in [0, 0.05) is 20.5 Å². The molecule has 1 amide bonds. The van der Waals surface area contributed by atoms with Gasteiger partial charge < -0.3 is 10.0 Å². The van der Waals surface area contributed by atoms with E-state index in [1.54, 1.807) is 0 Å². The van der Waals surface area contributed by atoms with Crippen molar-refractivity contribution in [3.63, 3.8) is 0 Å². The highest BCUT2D eigenvalue weighted by Gasteiger charge is 2.26. The van der Waals surface area contributed by atoms with Crippen LogP contribution in [0.2, 0.25) is 0 Å². The lowest BCUT2D eigenvalue weighted by atomic mass is 10.0. The molecule has 0 fully saturated rings. The number of carbonyl (C=O) groups excluding carboxylic acids is 2. The first-order valence-corrected chi connectivity index (χ1v) is 3.79. The molecule has 1 unspecified atom stereocenters. The molecule has 13 heavy (non-hydrogen) atoms. The normalized spacial score (nSPS) is 11.9. The highest BCUT2D eigenvalue weighted by molar-refractivity contribution is 6.00. The first-order valence-electron chi connectivity index (χ1n) is 3.79. The maximum absolute atomic E-state index is 11.1. The van der Waals surface area contributed by atoms with Crippen LogP contribution in [0.3, 0.4) is 0 Å². The molecule has 5 nitrogen and oxygen atoms in total. The number of aliphatic carboxylic acids is 1. The molecular formula is C8H13NO4. The standard InChI is InChI=1S/C8H13NO4/c1-5(10)6(8(12)13)4-7(11)9(2)3/h6H,4H2,1-3H3,(H,12,13). The summed E-state index contributed by atoms with van der Waals surface area (Å²) < 4.78 is 0. The van der Waals surface area contributed by atoms with E-state index in [4.69, 9.17) is 5.11 Å². The van der Waals surface area contributed by atoms with Crippen LogP contribution in [0.5, 0.6) is 0 Å². The number of hydrogen-bond donors (Lipinski definition) is 1. The molecular weight excluding hydrogens is 174 g/mol. The van der Waals surface area contributed by atoms with Gasteiger partial charge >= 0.3 is 5.97 Å². The van der Waals surface area contributed by atoms with Crippen LogP contribution >= 0.6 is 0 Å². The molecule has 1 N–H and O–H groups in total. The number of carboxylic acid groups (broad SMARTS) is 1. The van der Waals surface area contributed by atoms with Crippen LogP contribution in [-0.4, -0.2) is 41.8 Å². The number of hydrogen-bond acceptors (Lipinski definition) is 3. The zero-order valence-corrected chi connectivity index (χ0v) is 7.90. The molecule has 0 saturated carbocycles. The maximum Gasteiger partial charge on any atom is 0.314 e. The molecule has 0 aromatic rings. The second kappa shape index (κ2) is 4.59. The monoisotopic (exact) mass is 187 g/mol. The fourth-order valence-corrected chi connectivity index (χ4v) is 0.762. The second-order valence-corrected chi connectivity index (χ2v) is 2.99. The molecule has 0 aromatic carbocycles. The fourth-order valence-electron chi connectivity index (χ4n) is 0.762. The van der Waals surface area contributed by atoms with Crippen molar-refractivity contribution in [1.29, 1.82) is 0 Å². The Morgan fingerprint density at radius 1 is 1.31 bits per heavy atom. The van der Waals surface area contributed by atoms with Crippen LogP contribution in [-0.2, 0) is 14.4 Å². The summed E-state index contributed by atoms with van der Waals surface area (Å²) in [7, 11) is 3.03. The zero-order valence-electron chi connectivity index (χ0n) is 7.90. The minimum Gasteiger partial charge on any atom is -0.481 e. The minimum atomic E-state index is -1.25. The molecule has 0 aromatic heterocycles. The summed E-state index contributed by atoms with van der Waals surface area (Å²) in [5.74, 6) is -3.32. The largest absolute Gasteiger partial charge is 0.481 e. The van der Waals surface area contributed by atoms with E-state index in [1.165, 1.54) is 25.9 Å². The van der Waals surface area contributed by atoms with Crippen LogP contribution < -0.4 is 0 Å². The number of ketones is 1.